The van der Waals surface area contributed by atoms with E-state index in [9.17, 15) is 18.0 Å². The summed E-state index contributed by atoms with van der Waals surface area (Å²) in [5.41, 5.74) is -0.787. The molecule has 0 unspecified atom stereocenters. The number of carboxylic acids is 1. The molecule has 0 fully saturated rings. The van der Waals surface area contributed by atoms with Crippen LogP contribution >= 0.6 is 15.9 Å². The van der Waals surface area contributed by atoms with E-state index in [1.54, 1.807) is 24.3 Å². The number of benzene rings is 2. The number of aromatic carboxylic acids is 1. The van der Waals surface area contributed by atoms with Crippen molar-refractivity contribution in [2.75, 3.05) is 5.32 Å². The van der Waals surface area contributed by atoms with Gasteiger partial charge >= 0.3 is 12.1 Å². The average molecular weight is 360 g/mol. The zero-order valence-corrected chi connectivity index (χ0v) is 12.0. The van der Waals surface area contributed by atoms with Gasteiger partial charge in [0, 0.05) is 10.2 Å². The molecule has 0 radical (unpaired) electrons. The van der Waals surface area contributed by atoms with Gasteiger partial charge in [-0.2, -0.15) is 13.2 Å². The van der Waals surface area contributed by atoms with Crippen molar-refractivity contribution < 1.29 is 23.1 Å². The van der Waals surface area contributed by atoms with E-state index in [0.29, 0.717) is 11.8 Å². The minimum absolute atomic E-state index is 0.0913. The van der Waals surface area contributed by atoms with Crippen molar-refractivity contribution in [1.29, 1.82) is 0 Å². The van der Waals surface area contributed by atoms with Gasteiger partial charge in [0.2, 0.25) is 0 Å². The maximum absolute atomic E-state index is 12.6. The Labute approximate surface area is 126 Å². The first kappa shape index (κ1) is 15.4. The molecule has 0 aliphatic rings. The van der Waals surface area contributed by atoms with E-state index in [0.717, 1.165) is 16.6 Å². The topological polar surface area (TPSA) is 49.3 Å². The van der Waals surface area contributed by atoms with Crippen LogP contribution in [0.2, 0.25) is 0 Å². The molecule has 0 aliphatic heterocycles. The summed E-state index contributed by atoms with van der Waals surface area (Å²) in [7, 11) is 0. The lowest BCUT2D eigenvalue weighted by atomic mass is 10.1. The first-order valence-electron chi connectivity index (χ1n) is 5.74. The molecule has 0 atom stereocenters. The van der Waals surface area contributed by atoms with Crippen molar-refractivity contribution >= 4 is 33.3 Å². The second-order valence-electron chi connectivity index (χ2n) is 4.20. The third-order valence-electron chi connectivity index (χ3n) is 2.68. The number of carbonyl (C=O) groups is 1. The van der Waals surface area contributed by atoms with Crippen LogP contribution in [-0.4, -0.2) is 11.1 Å². The molecule has 0 aliphatic carbocycles. The number of hydrogen-bond donors (Lipinski definition) is 2. The Balaban J connectivity index is 2.42. The number of alkyl halides is 3. The predicted octanol–water partition coefficient (Wildman–Crippen LogP) is 4.91. The zero-order valence-electron chi connectivity index (χ0n) is 10.4. The second-order valence-corrected chi connectivity index (χ2v) is 5.11. The Morgan fingerprint density at radius 2 is 1.86 bits per heavy atom. The highest BCUT2D eigenvalue weighted by molar-refractivity contribution is 9.10. The van der Waals surface area contributed by atoms with E-state index in [1.165, 1.54) is 0 Å². The van der Waals surface area contributed by atoms with Gasteiger partial charge in [-0.25, -0.2) is 4.79 Å². The highest BCUT2D eigenvalue weighted by atomic mass is 79.9. The number of nitrogens with one attached hydrogen (secondary N) is 1. The molecule has 0 amide bonds. The summed E-state index contributed by atoms with van der Waals surface area (Å²) in [4.78, 5) is 11.1. The Kier molecular flexibility index (Phi) is 4.22. The third-order valence-corrected chi connectivity index (χ3v) is 3.17. The summed E-state index contributed by atoms with van der Waals surface area (Å²) in [6.07, 6.45) is -4.58. The summed E-state index contributed by atoms with van der Waals surface area (Å²) in [5, 5.41) is 11.9. The van der Waals surface area contributed by atoms with E-state index >= 15 is 0 Å². The van der Waals surface area contributed by atoms with Crippen LogP contribution < -0.4 is 5.32 Å². The monoisotopic (exact) mass is 359 g/mol. The first-order valence-corrected chi connectivity index (χ1v) is 6.54. The molecule has 0 saturated heterocycles. The highest BCUT2D eigenvalue weighted by Gasteiger charge is 2.31. The lowest BCUT2D eigenvalue weighted by Gasteiger charge is -2.13. The van der Waals surface area contributed by atoms with Gasteiger partial charge in [0.05, 0.1) is 16.8 Å². The molecule has 0 spiro atoms. The predicted molar refractivity (Wildman–Crippen MR) is 75.8 cm³/mol. The lowest BCUT2D eigenvalue weighted by molar-refractivity contribution is -0.137. The Bertz CT molecular complexity index is 686. The SMILES string of the molecule is O=C(O)c1cc(C(F)(F)F)ccc1Nc1cccc(Br)c1. The molecule has 7 heteroatoms. The fourth-order valence-corrected chi connectivity index (χ4v) is 2.13. The summed E-state index contributed by atoms with van der Waals surface area (Å²) in [6, 6.07) is 9.41. The van der Waals surface area contributed by atoms with Gasteiger partial charge in [0.15, 0.2) is 0 Å². The summed E-state index contributed by atoms with van der Waals surface area (Å²) in [6.45, 7) is 0. The van der Waals surface area contributed by atoms with Gasteiger partial charge in [0.1, 0.15) is 0 Å². The molecule has 110 valence electrons. The number of carboxylic acid groups (broad SMARTS) is 1. The van der Waals surface area contributed by atoms with Gasteiger partial charge in [-0.1, -0.05) is 22.0 Å². The number of hydrogen-bond acceptors (Lipinski definition) is 2. The maximum Gasteiger partial charge on any atom is 0.416 e. The fourth-order valence-electron chi connectivity index (χ4n) is 1.73. The Morgan fingerprint density at radius 3 is 2.43 bits per heavy atom. The highest BCUT2D eigenvalue weighted by Crippen LogP contribution is 2.33. The van der Waals surface area contributed by atoms with E-state index in [4.69, 9.17) is 5.11 Å². The smallest absolute Gasteiger partial charge is 0.416 e. The molecule has 2 aromatic rings. The quantitative estimate of drug-likeness (QED) is 0.818. The molecule has 2 aromatic carbocycles. The number of anilines is 2. The van der Waals surface area contributed by atoms with Crippen LogP contribution in [0.15, 0.2) is 46.9 Å². The summed E-state index contributed by atoms with van der Waals surface area (Å²) >= 11 is 3.26. The number of rotatable bonds is 3. The van der Waals surface area contributed by atoms with Gasteiger partial charge in [-0.05, 0) is 36.4 Å². The Morgan fingerprint density at radius 1 is 1.14 bits per heavy atom. The zero-order chi connectivity index (χ0) is 15.6. The summed E-state index contributed by atoms with van der Waals surface area (Å²) < 4.78 is 38.6. The standard InChI is InChI=1S/C14H9BrF3NO2/c15-9-2-1-3-10(7-9)19-12-5-4-8(14(16,17)18)6-11(12)13(20)21/h1-7,19H,(H,20,21). The van der Waals surface area contributed by atoms with Crippen molar-refractivity contribution in [2.24, 2.45) is 0 Å². The Hall–Kier alpha value is -2.02. The van der Waals surface area contributed by atoms with E-state index in [1.807, 2.05) is 0 Å². The van der Waals surface area contributed by atoms with Gasteiger partial charge < -0.3 is 10.4 Å². The van der Waals surface area contributed by atoms with Crippen molar-refractivity contribution in [2.45, 2.75) is 6.18 Å². The first-order chi connectivity index (χ1) is 9.77. The second kappa shape index (κ2) is 5.77. The van der Waals surface area contributed by atoms with E-state index in [2.05, 4.69) is 21.2 Å². The molecular formula is C14H9BrF3NO2. The molecule has 0 aromatic heterocycles. The van der Waals surface area contributed by atoms with Crippen molar-refractivity contribution in [3.63, 3.8) is 0 Å². The van der Waals surface area contributed by atoms with Gasteiger partial charge in [-0.3, -0.25) is 0 Å². The largest absolute Gasteiger partial charge is 0.478 e. The van der Waals surface area contributed by atoms with Crippen LogP contribution in [0, 0.1) is 0 Å². The molecule has 3 nitrogen and oxygen atoms in total. The minimum atomic E-state index is -4.58. The summed E-state index contributed by atoms with van der Waals surface area (Å²) in [5.74, 6) is -1.43. The van der Waals surface area contributed by atoms with Crippen LogP contribution in [0.3, 0.4) is 0 Å². The normalized spacial score (nSPS) is 11.2. The molecule has 0 saturated carbocycles. The van der Waals surface area contributed by atoms with Crippen molar-refractivity contribution in [1.82, 2.24) is 0 Å². The van der Waals surface area contributed by atoms with Crippen LogP contribution in [0.5, 0.6) is 0 Å². The lowest BCUT2D eigenvalue weighted by Crippen LogP contribution is -2.09. The van der Waals surface area contributed by atoms with Crippen LogP contribution in [-0.2, 0) is 6.18 Å². The fraction of sp³-hybridized carbons (Fsp3) is 0.0714. The van der Waals surface area contributed by atoms with Crippen LogP contribution in [0.1, 0.15) is 15.9 Å². The molecular weight excluding hydrogens is 351 g/mol. The molecule has 2 rings (SSSR count). The number of halogens is 4. The third kappa shape index (κ3) is 3.75. The van der Waals surface area contributed by atoms with E-state index in [-0.39, 0.29) is 5.69 Å². The van der Waals surface area contributed by atoms with E-state index < -0.39 is 23.3 Å². The van der Waals surface area contributed by atoms with Crippen molar-refractivity contribution in [3.05, 3.63) is 58.1 Å². The minimum Gasteiger partial charge on any atom is -0.478 e. The molecule has 0 heterocycles. The molecule has 21 heavy (non-hydrogen) atoms. The van der Waals surface area contributed by atoms with Crippen LogP contribution in [0.25, 0.3) is 0 Å². The maximum atomic E-state index is 12.6. The van der Waals surface area contributed by atoms with Crippen LogP contribution in [0.4, 0.5) is 24.5 Å². The van der Waals surface area contributed by atoms with Crippen molar-refractivity contribution in [3.8, 4) is 0 Å². The van der Waals surface area contributed by atoms with Gasteiger partial charge in [0.25, 0.3) is 0 Å². The average Bonchev–Trinajstić information content (AvgIpc) is 2.37. The molecule has 2 N–H and O–H groups in total. The van der Waals surface area contributed by atoms with Gasteiger partial charge in [-0.15, -0.1) is 0 Å². The molecule has 0 bridgehead atoms.